The number of aliphatic hydroxyl groups is 1. The van der Waals surface area contributed by atoms with Crippen LogP contribution in [0.1, 0.15) is 96.8 Å². The van der Waals surface area contributed by atoms with Crippen LogP contribution in [0.2, 0.25) is 0 Å². The molecule has 0 aliphatic heterocycles. The van der Waals surface area contributed by atoms with Crippen molar-refractivity contribution in [3.63, 3.8) is 0 Å². The molecule has 0 saturated heterocycles. The third-order valence-corrected chi connectivity index (χ3v) is 5.43. The van der Waals surface area contributed by atoms with Crippen LogP contribution in [0.15, 0.2) is 0 Å². The quantitative estimate of drug-likeness (QED) is 0.295. The predicted octanol–water partition coefficient (Wildman–Crippen LogP) is 5.21. The van der Waals surface area contributed by atoms with Gasteiger partial charge in [0.1, 0.15) is 11.5 Å². The molecule has 1 N–H and O–H groups in total. The molecular weight excluding hydrogens is 280 g/mol. The molecule has 0 radical (unpaired) electrons. The van der Waals surface area contributed by atoms with Crippen LogP contribution in [0.25, 0.3) is 0 Å². The lowest BCUT2D eigenvalue weighted by molar-refractivity contribution is 0.319. The summed E-state index contributed by atoms with van der Waals surface area (Å²) in [6, 6.07) is 0. The predicted molar refractivity (Wildman–Crippen MR) is 95.3 cm³/mol. The maximum atomic E-state index is 11.3. The lowest BCUT2D eigenvalue weighted by atomic mass is 10.0. The van der Waals surface area contributed by atoms with Crippen LogP contribution in [0.4, 0.5) is 0 Å². The number of hydrogen-bond acceptors (Lipinski definition) is 2. The summed E-state index contributed by atoms with van der Waals surface area (Å²) in [5, 5.41) is 8.66. The summed E-state index contributed by atoms with van der Waals surface area (Å²) in [5.41, 5.74) is 0. The van der Waals surface area contributed by atoms with Crippen LogP contribution in [-0.2, 0) is 11.2 Å². The molecular formula is C18H38O2S. The Bertz CT molecular complexity index is 188. The van der Waals surface area contributed by atoms with Crippen molar-refractivity contribution in [1.29, 1.82) is 0 Å². The molecule has 0 spiro atoms. The van der Waals surface area contributed by atoms with E-state index in [9.17, 15) is 4.55 Å². The highest BCUT2D eigenvalue weighted by Gasteiger charge is 2.03. The average Bonchev–Trinajstić information content (AvgIpc) is 2.48. The molecule has 2 nitrogen and oxygen atoms in total. The minimum absolute atomic E-state index is 0.0607. The largest absolute Gasteiger partial charge is 0.616 e. The highest BCUT2D eigenvalue weighted by Crippen LogP contribution is 2.13. The third kappa shape index (κ3) is 18.2. The Morgan fingerprint density at radius 2 is 1.00 bits per heavy atom. The Labute approximate surface area is 136 Å². The highest BCUT2D eigenvalue weighted by molar-refractivity contribution is 7.91. The van der Waals surface area contributed by atoms with Crippen LogP contribution < -0.4 is 0 Å². The number of aliphatic hydroxyl groups excluding tert-OH is 1. The topological polar surface area (TPSA) is 43.3 Å². The molecule has 0 heterocycles. The summed E-state index contributed by atoms with van der Waals surface area (Å²) in [5.74, 6) is 1.23. The van der Waals surface area contributed by atoms with Crippen molar-refractivity contribution in [2.24, 2.45) is 0 Å². The van der Waals surface area contributed by atoms with Gasteiger partial charge in [0.15, 0.2) is 0 Å². The maximum absolute atomic E-state index is 11.3. The summed E-state index contributed by atoms with van der Waals surface area (Å²) in [6.07, 6.45) is 19.0. The van der Waals surface area contributed by atoms with Gasteiger partial charge in [-0.1, -0.05) is 95.1 Å². The molecule has 0 aromatic heterocycles. The van der Waals surface area contributed by atoms with Crippen molar-refractivity contribution >= 4 is 11.2 Å². The van der Waals surface area contributed by atoms with Gasteiger partial charge in [-0.3, -0.25) is 0 Å². The third-order valence-electron chi connectivity index (χ3n) is 4.04. The van der Waals surface area contributed by atoms with E-state index < -0.39 is 11.2 Å². The number of hydrogen-bond donors (Lipinski definition) is 1. The molecule has 3 heteroatoms. The molecule has 0 saturated carbocycles. The Morgan fingerprint density at radius 1 is 0.619 bits per heavy atom. The van der Waals surface area contributed by atoms with E-state index in [2.05, 4.69) is 6.92 Å². The van der Waals surface area contributed by atoms with Gasteiger partial charge < -0.3 is 9.66 Å². The van der Waals surface area contributed by atoms with Crippen LogP contribution in [0.3, 0.4) is 0 Å². The Morgan fingerprint density at radius 3 is 1.38 bits per heavy atom. The molecule has 0 fully saturated rings. The van der Waals surface area contributed by atoms with E-state index in [0.29, 0.717) is 5.75 Å². The first kappa shape index (κ1) is 21.3. The monoisotopic (exact) mass is 318 g/mol. The van der Waals surface area contributed by atoms with Crippen molar-refractivity contribution in [3.05, 3.63) is 0 Å². The van der Waals surface area contributed by atoms with Gasteiger partial charge in [-0.25, -0.2) is 0 Å². The standard InChI is InChI=1S/C18H38O2S/c1-2-3-4-5-6-7-8-9-10-11-12-13-14-15-17-21(20)18-16-19/h19H,2-18H2,1H3. The summed E-state index contributed by atoms with van der Waals surface area (Å²) in [6.45, 7) is 2.33. The lowest BCUT2D eigenvalue weighted by Crippen LogP contribution is -2.13. The van der Waals surface area contributed by atoms with Crippen LogP contribution in [-0.4, -0.2) is 27.8 Å². The molecule has 0 aliphatic rings. The first-order valence-corrected chi connectivity index (χ1v) is 10.8. The van der Waals surface area contributed by atoms with E-state index >= 15 is 0 Å². The van der Waals surface area contributed by atoms with Gasteiger partial charge in [-0.15, -0.1) is 0 Å². The normalized spacial score (nSPS) is 12.7. The molecule has 0 rings (SSSR count). The van der Waals surface area contributed by atoms with E-state index in [-0.39, 0.29) is 6.61 Å². The van der Waals surface area contributed by atoms with Gasteiger partial charge in [0, 0.05) is 0 Å². The fraction of sp³-hybridized carbons (Fsp3) is 1.00. The lowest BCUT2D eigenvalue weighted by Gasteiger charge is -2.08. The van der Waals surface area contributed by atoms with Crippen LogP contribution >= 0.6 is 0 Å². The zero-order valence-corrected chi connectivity index (χ0v) is 15.1. The van der Waals surface area contributed by atoms with Crippen molar-refractivity contribution in [2.45, 2.75) is 96.8 Å². The first-order valence-electron chi connectivity index (χ1n) is 9.27. The summed E-state index contributed by atoms with van der Waals surface area (Å²) >= 11 is -0.786. The molecule has 128 valence electrons. The van der Waals surface area contributed by atoms with Gasteiger partial charge in [0.05, 0.1) is 6.61 Å². The van der Waals surface area contributed by atoms with Gasteiger partial charge in [-0.2, -0.15) is 0 Å². The SMILES string of the molecule is CCCCCCCCCCCCCCCC[S+]([O-])CCO. The van der Waals surface area contributed by atoms with Crippen LogP contribution in [0, 0.1) is 0 Å². The Hall–Kier alpha value is 0.270. The van der Waals surface area contributed by atoms with E-state index in [1.165, 1.54) is 83.5 Å². The second-order valence-corrected chi connectivity index (χ2v) is 7.86. The Kier molecular flexibility index (Phi) is 18.6. The Balaban J connectivity index is 2.99. The number of rotatable bonds is 17. The second-order valence-electron chi connectivity index (χ2n) is 6.17. The van der Waals surface area contributed by atoms with Crippen molar-refractivity contribution < 1.29 is 9.66 Å². The summed E-state index contributed by atoms with van der Waals surface area (Å²) in [7, 11) is 0. The van der Waals surface area contributed by atoms with Crippen molar-refractivity contribution in [1.82, 2.24) is 0 Å². The second kappa shape index (κ2) is 18.3. The zero-order valence-electron chi connectivity index (χ0n) is 14.3. The average molecular weight is 319 g/mol. The van der Waals surface area contributed by atoms with E-state index in [1.54, 1.807) is 0 Å². The zero-order chi connectivity index (χ0) is 15.6. The molecule has 0 aromatic carbocycles. The molecule has 1 unspecified atom stereocenters. The first-order chi connectivity index (χ1) is 10.3. The van der Waals surface area contributed by atoms with Gasteiger partial charge in [-0.05, 0) is 12.8 Å². The molecule has 0 bridgehead atoms. The van der Waals surface area contributed by atoms with Crippen molar-refractivity contribution in [2.75, 3.05) is 18.1 Å². The summed E-state index contributed by atoms with van der Waals surface area (Å²) in [4.78, 5) is 0. The molecule has 0 aromatic rings. The van der Waals surface area contributed by atoms with Crippen molar-refractivity contribution in [3.8, 4) is 0 Å². The van der Waals surface area contributed by atoms with Gasteiger partial charge in [0.2, 0.25) is 0 Å². The van der Waals surface area contributed by atoms with Crippen LogP contribution in [0.5, 0.6) is 0 Å². The molecule has 1 atom stereocenters. The molecule has 21 heavy (non-hydrogen) atoms. The molecule has 0 amide bonds. The molecule has 0 aliphatic carbocycles. The fourth-order valence-corrected chi connectivity index (χ4v) is 3.60. The van der Waals surface area contributed by atoms with E-state index in [4.69, 9.17) is 5.11 Å². The van der Waals surface area contributed by atoms with E-state index in [1.807, 2.05) is 0 Å². The smallest absolute Gasteiger partial charge is 0.128 e. The summed E-state index contributed by atoms with van der Waals surface area (Å²) < 4.78 is 11.3. The van der Waals surface area contributed by atoms with Gasteiger partial charge >= 0.3 is 0 Å². The maximum Gasteiger partial charge on any atom is 0.128 e. The fourth-order valence-electron chi connectivity index (χ4n) is 2.66. The minimum atomic E-state index is -0.786. The number of unbranched alkanes of at least 4 members (excludes halogenated alkanes) is 13. The van der Waals surface area contributed by atoms with Gasteiger partial charge in [0.25, 0.3) is 0 Å². The highest BCUT2D eigenvalue weighted by atomic mass is 32.2. The minimum Gasteiger partial charge on any atom is -0.616 e. The van der Waals surface area contributed by atoms with E-state index in [0.717, 1.165) is 12.2 Å².